The van der Waals surface area contributed by atoms with E-state index in [1.165, 1.54) is 0 Å². The highest BCUT2D eigenvalue weighted by molar-refractivity contribution is 7.80. The molecule has 0 aliphatic carbocycles. The van der Waals surface area contributed by atoms with Gasteiger partial charge in [-0.25, -0.2) is 15.0 Å². The Morgan fingerprint density at radius 1 is 1.32 bits per heavy atom. The summed E-state index contributed by atoms with van der Waals surface area (Å²) in [5, 5.41) is 9.20. The van der Waals surface area contributed by atoms with Gasteiger partial charge in [-0.15, -0.1) is 4.28 Å². The van der Waals surface area contributed by atoms with Crippen molar-refractivity contribution in [2.24, 2.45) is 5.41 Å². The van der Waals surface area contributed by atoms with Crippen molar-refractivity contribution < 1.29 is 36.7 Å². The summed E-state index contributed by atoms with van der Waals surface area (Å²) in [5.74, 6) is -0.747. The van der Waals surface area contributed by atoms with Crippen LogP contribution in [-0.4, -0.2) is 64.2 Å². The number of carboxylic acid groups (broad SMARTS) is 1. The number of amides is 4. The zero-order valence-corrected chi connectivity index (χ0v) is 14.7. The van der Waals surface area contributed by atoms with Crippen molar-refractivity contribution in [3.63, 3.8) is 0 Å². The zero-order valence-electron chi connectivity index (χ0n) is 13.8. The third-order valence-corrected chi connectivity index (χ3v) is 4.87. The Morgan fingerprint density at radius 3 is 2.40 bits per heavy atom. The lowest BCUT2D eigenvalue weighted by molar-refractivity contribution is -0.141. The molecule has 0 aromatic heterocycles. The summed E-state index contributed by atoms with van der Waals surface area (Å²) in [4.78, 5) is 37.1. The van der Waals surface area contributed by atoms with E-state index in [0.717, 1.165) is 4.90 Å². The Hall–Kier alpha value is -2.12. The molecule has 2 saturated heterocycles. The van der Waals surface area contributed by atoms with Crippen LogP contribution < -0.4 is 10.9 Å². The summed E-state index contributed by atoms with van der Waals surface area (Å²) in [5.41, 5.74) is 1.56. The van der Waals surface area contributed by atoms with E-state index in [2.05, 4.69) is 9.71 Å². The van der Waals surface area contributed by atoms with Gasteiger partial charge >= 0.3 is 22.5 Å². The second-order valence-electron chi connectivity index (χ2n) is 6.91. The van der Waals surface area contributed by atoms with Crippen LogP contribution in [0, 0.1) is 5.41 Å². The number of fused-ring (bicyclic) bond motifs is 2. The summed E-state index contributed by atoms with van der Waals surface area (Å²) >= 11 is 0. The van der Waals surface area contributed by atoms with Gasteiger partial charge in [-0.1, -0.05) is 20.8 Å². The minimum atomic E-state index is -4.91. The zero-order chi connectivity index (χ0) is 19.2. The second-order valence-corrected chi connectivity index (χ2v) is 7.91. The number of hydrogen-bond donors (Lipinski definition) is 4. The van der Waals surface area contributed by atoms with E-state index in [-0.39, 0.29) is 19.4 Å². The minimum absolute atomic E-state index is 0.00782. The van der Waals surface area contributed by atoms with E-state index < -0.39 is 45.4 Å². The van der Waals surface area contributed by atoms with Crippen LogP contribution >= 0.6 is 0 Å². The fourth-order valence-corrected chi connectivity index (χ4v) is 3.83. The number of carbonyl (C=O) groups excluding carboxylic acids is 2. The predicted octanol–water partition coefficient (Wildman–Crippen LogP) is -0.295. The molecule has 0 saturated carbocycles. The van der Waals surface area contributed by atoms with E-state index in [1.54, 1.807) is 26.2 Å². The molecule has 2 aliphatic rings. The van der Waals surface area contributed by atoms with Gasteiger partial charge in [0.2, 0.25) is 0 Å². The van der Waals surface area contributed by atoms with Crippen LogP contribution in [0.15, 0.2) is 0 Å². The van der Waals surface area contributed by atoms with Crippen molar-refractivity contribution in [2.45, 2.75) is 45.2 Å². The largest absolute Gasteiger partial charge is 0.464 e. The standard InChI is InChI=1S/C12H20N4O8S/c1-11(2,3)12(8(17)13-14-9(18)19)5-4-7-6-15(12)10(20)16(7)24-25(21,22)23/h7,14H,4-6H2,1-3H3,(H,13,17)(H,18,19)(H,21,22,23). The topological polar surface area (TPSA) is 166 Å². The molecule has 2 bridgehead atoms. The molecule has 12 nitrogen and oxygen atoms in total. The molecule has 2 rings (SSSR count). The molecule has 2 atom stereocenters. The smallest absolute Gasteiger partial charge is 0.423 e. The molecule has 0 aromatic carbocycles. The number of hydroxylamine groups is 2. The summed E-state index contributed by atoms with van der Waals surface area (Å²) in [7, 11) is -4.91. The molecule has 2 unspecified atom stereocenters. The second kappa shape index (κ2) is 6.00. The SMILES string of the molecule is CC(C)(C)C1(C(=O)NNC(=O)O)CCC2CN1C(=O)N2OS(=O)(=O)O. The molecule has 2 fully saturated rings. The minimum Gasteiger partial charge on any atom is -0.464 e. The first-order valence-corrected chi connectivity index (χ1v) is 8.73. The van der Waals surface area contributed by atoms with Crippen LogP contribution in [0.2, 0.25) is 0 Å². The Labute approximate surface area is 144 Å². The quantitative estimate of drug-likeness (QED) is 0.383. The van der Waals surface area contributed by atoms with Crippen molar-refractivity contribution in [3.8, 4) is 0 Å². The van der Waals surface area contributed by atoms with Crippen LogP contribution in [0.1, 0.15) is 33.6 Å². The predicted molar refractivity (Wildman–Crippen MR) is 81.1 cm³/mol. The maximum atomic E-state index is 12.7. The van der Waals surface area contributed by atoms with Gasteiger partial charge in [0.25, 0.3) is 5.91 Å². The van der Waals surface area contributed by atoms with E-state index in [0.29, 0.717) is 5.06 Å². The normalized spacial score (nSPS) is 26.6. The highest BCUT2D eigenvalue weighted by atomic mass is 32.3. The molecule has 2 aliphatic heterocycles. The number of piperidine rings is 1. The van der Waals surface area contributed by atoms with Crippen LogP contribution in [0.5, 0.6) is 0 Å². The van der Waals surface area contributed by atoms with E-state index in [4.69, 9.17) is 9.66 Å². The molecule has 4 amide bonds. The Morgan fingerprint density at radius 2 is 1.92 bits per heavy atom. The molecule has 25 heavy (non-hydrogen) atoms. The molecular formula is C12H20N4O8S. The van der Waals surface area contributed by atoms with Gasteiger partial charge in [-0.2, -0.15) is 13.5 Å². The van der Waals surface area contributed by atoms with Crippen molar-refractivity contribution in [3.05, 3.63) is 0 Å². The average molecular weight is 380 g/mol. The monoisotopic (exact) mass is 380 g/mol. The van der Waals surface area contributed by atoms with E-state index in [9.17, 15) is 22.8 Å². The lowest BCUT2D eigenvalue weighted by Crippen LogP contribution is -2.69. The van der Waals surface area contributed by atoms with Crippen molar-refractivity contribution >= 4 is 28.4 Å². The first-order chi connectivity index (χ1) is 11.3. The number of carbonyl (C=O) groups is 3. The van der Waals surface area contributed by atoms with Gasteiger partial charge in [0.05, 0.1) is 6.04 Å². The molecule has 2 heterocycles. The Bertz CT molecular complexity index is 702. The van der Waals surface area contributed by atoms with Gasteiger partial charge in [0, 0.05) is 6.54 Å². The lowest BCUT2D eigenvalue weighted by atomic mass is 9.67. The van der Waals surface area contributed by atoms with Crippen LogP contribution in [0.4, 0.5) is 9.59 Å². The fourth-order valence-electron chi connectivity index (χ4n) is 3.44. The van der Waals surface area contributed by atoms with Crippen LogP contribution in [-0.2, 0) is 19.5 Å². The number of hydrazine groups is 1. The van der Waals surface area contributed by atoms with E-state index in [1.807, 2.05) is 0 Å². The molecule has 4 N–H and O–H groups in total. The third-order valence-electron chi connectivity index (χ3n) is 4.52. The number of hydrogen-bond acceptors (Lipinski definition) is 6. The molecule has 0 radical (unpaired) electrons. The lowest BCUT2D eigenvalue weighted by Gasteiger charge is -2.50. The van der Waals surface area contributed by atoms with Crippen molar-refractivity contribution in [1.82, 2.24) is 20.8 Å². The summed E-state index contributed by atoms with van der Waals surface area (Å²) in [6, 6.07) is -1.56. The number of nitrogens with one attached hydrogen (secondary N) is 2. The number of urea groups is 1. The fraction of sp³-hybridized carbons (Fsp3) is 0.750. The van der Waals surface area contributed by atoms with Gasteiger partial charge in [0.15, 0.2) is 0 Å². The number of nitrogens with zero attached hydrogens (tertiary/aromatic N) is 2. The molecule has 0 aromatic rings. The van der Waals surface area contributed by atoms with Gasteiger partial charge < -0.3 is 10.0 Å². The molecular weight excluding hydrogens is 360 g/mol. The first kappa shape index (κ1) is 19.2. The average Bonchev–Trinajstić information content (AvgIpc) is 2.68. The summed E-state index contributed by atoms with van der Waals surface area (Å²) in [6.07, 6.45) is -1.11. The first-order valence-electron chi connectivity index (χ1n) is 7.37. The maximum Gasteiger partial charge on any atom is 0.423 e. The van der Waals surface area contributed by atoms with Crippen LogP contribution in [0.25, 0.3) is 0 Å². The van der Waals surface area contributed by atoms with Crippen molar-refractivity contribution in [1.29, 1.82) is 0 Å². The van der Waals surface area contributed by atoms with Gasteiger partial charge in [-0.05, 0) is 18.3 Å². The molecule has 13 heteroatoms. The van der Waals surface area contributed by atoms with E-state index >= 15 is 0 Å². The Balaban J connectivity index is 2.39. The highest BCUT2D eigenvalue weighted by Crippen LogP contribution is 2.47. The summed E-state index contributed by atoms with van der Waals surface area (Å²) in [6.45, 7) is 5.10. The van der Waals surface area contributed by atoms with Gasteiger partial charge in [0.1, 0.15) is 5.54 Å². The summed E-state index contributed by atoms with van der Waals surface area (Å²) < 4.78 is 35.1. The van der Waals surface area contributed by atoms with Gasteiger partial charge in [-0.3, -0.25) is 14.8 Å². The van der Waals surface area contributed by atoms with Crippen molar-refractivity contribution in [2.75, 3.05) is 6.54 Å². The maximum absolute atomic E-state index is 12.7. The highest BCUT2D eigenvalue weighted by Gasteiger charge is 2.62. The third kappa shape index (κ3) is 3.34. The molecule has 0 spiro atoms. The number of rotatable bonds is 3. The van der Waals surface area contributed by atoms with Crippen LogP contribution in [0.3, 0.4) is 0 Å². The Kier molecular flexibility index (Phi) is 4.61. The molecule has 142 valence electrons.